The van der Waals surface area contributed by atoms with Crippen LogP contribution in [0, 0.1) is 0 Å². The molecule has 40 heavy (non-hydrogen) atoms. The summed E-state index contributed by atoms with van der Waals surface area (Å²) in [6.07, 6.45) is 6.24. The molecule has 0 bridgehead atoms. The van der Waals surface area contributed by atoms with Gasteiger partial charge in [0, 0.05) is 38.3 Å². The molecule has 0 radical (unpaired) electrons. The maximum atomic E-state index is 14.1. The summed E-state index contributed by atoms with van der Waals surface area (Å²) in [6.45, 7) is 14.5. The van der Waals surface area contributed by atoms with Crippen molar-refractivity contribution >= 4 is 40.2 Å². The van der Waals surface area contributed by atoms with Gasteiger partial charge in [0.15, 0.2) is 5.65 Å². The number of halogens is 1. The molecule has 2 atom stereocenters. The van der Waals surface area contributed by atoms with Crippen molar-refractivity contribution in [1.29, 1.82) is 0 Å². The van der Waals surface area contributed by atoms with Crippen molar-refractivity contribution in [3.63, 3.8) is 0 Å². The summed E-state index contributed by atoms with van der Waals surface area (Å²) >= 11 is 6.99. The van der Waals surface area contributed by atoms with E-state index >= 15 is 0 Å². The molecule has 0 saturated carbocycles. The number of rotatable bonds is 6. The molecule has 4 heterocycles. The highest BCUT2D eigenvalue weighted by Gasteiger charge is 2.31. The second-order valence-electron chi connectivity index (χ2n) is 10.9. The molecule has 1 aromatic carbocycles. The predicted molar refractivity (Wildman–Crippen MR) is 163 cm³/mol. The third kappa shape index (κ3) is 4.98. The fourth-order valence-corrected chi connectivity index (χ4v) is 6.49. The molecule has 1 amide bonds. The summed E-state index contributed by atoms with van der Waals surface area (Å²) in [4.78, 5) is 42.4. The monoisotopic (exact) mass is 562 g/mol. The number of carbonyl (C=O) groups is 1. The van der Waals surface area contributed by atoms with Crippen LogP contribution in [0.5, 0.6) is 0 Å². The van der Waals surface area contributed by atoms with Crippen LogP contribution in [0.25, 0.3) is 16.7 Å². The number of pyridine rings is 1. The predicted octanol–water partition coefficient (Wildman–Crippen LogP) is 5.16. The highest BCUT2D eigenvalue weighted by Crippen LogP contribution is 2.36. The molecule has 2 aliphatic rings. The molecule has 3 aromatic rings. The Hall–Kier alpha value is -3.39. The van der Waals surface area contributed by atoms with Gasteiger partial charge in [-0.1, -0.05) is 50.2 Å². The number of aryl methyl sites for hydroxylation is 2. The molecule has 8 nitrogen and oxygen atoms in total. The number of carbonyl (C=O) groups excluding carboxylic acids is 1. The van der Waals surface area contributed by atoms with Gasteiger partial charge in [-0.15, -0.1) is 0 Å². The Morgan fingerprint density at radius 1 is 1.02 bits per heavy atom. The van der Waals surface area contributed by atoms with Gasteiger partial charge in [0.25, 0.3) is 0 Å². The molecule has 2 fully saturated rings. The van der Waals surface area contributed by atoms with Gasteiger partial charge in [-0.3, -0.25) is 4.79 Å². The highest BCUT2D eigenvalue weighted by molar-refractivity contribution is 6.33. The normalized spacial score (nSPS) is 19.8. The Morgan fingerprint density at radius 2 is 1.73 bits per heavy atom. The number of hydrogen-bond donors (Lipinski definition) is 0. The molecule has 0 spiro atoms. The van der Waals surface area contributed by atoms with Gasteiger partial charge in [-0.2, -0.15) is 4.98 Å². The van der Waals surface area contributed by atoms with Crippen molar-refractivity contribution in [2.75, 3.05) is 36.0 Å². The summed E-state index contributed by atoms with van der Waals surface area (Å²) in [7, 11) is 0. The maximum absolute atomic E-state index is 14.1. The largest absolute Gasteiger partial charge is 0.355 e. The summed E-state index contributed by atoms with van der Waals surface area (Å²) < 4.78 is 1.70. The molecule has 2 saturated heterocycles. The fourth-order valence-electron chi connectivity index (χ4n) is 6.23. The van der Waals surface area contributed by atoms with E-state index in [0.29, 0.717) is 48.0 Å². The molecular formula is C31H39ClN6O2. The number of piperidine rings is 1. The number of amides is 1. The van der Waals surface area contributed by atoms with Crippen molar-refractivity contribution in [1.82, 2.24) is 19.4 Å². The minimum atomic E-state index is -0.359. The Labute approximate surface area is 241 Å². The molecule has 0 unspecified atom stereocenters. The van der Waals surface area contributed by atoms with Gasteiger partial charge in [-0.25, -0.2) is 14.3 Å². The topological polar surface area (TPSA) is 74.6 Å². The lowest BCUT2D eigenvalue weighted by Crippen LogP contribution is -2.54. The molecular weight excluding hydrogens is 524 g/mol. The molecule has 2 aliphatic heterocycles. The number of nitrogens with zero attached hydrogens (tertiary/aromatic N) is 6. The number of aromatic nitrogens is 3. The zero-order valence-electron chi connectivity index (χ0n) is 24.0. The van der Waals surface area contributed by atoms with Crippen LogP contribution in [0.2, 0.25) is 5.02 Å². The maximum Gasteiger partial charge on any atom is 0.355 e. The van der Waals surface area contributed by atoms with Crippen LogP contribution >= 0.6 is 11.6 Å². The van der Waals surface area contributed by atoms with Gasteiger partial charge in [0.2, 0.25) is 5.91 Å². The van der Waals surface area contributed by atoms with E-state index in [1.165, 1.54) is 12.5 Å². The summed E-state index contributed by atoms with van der Waals surface area (Å²) in [5, 5.41) is 1.29. The molecule has 212 valence electrons. The standard InChI is InChI=1S/C31H39ClN6O2/c1-6-22-13-11-14-23(7-2)27(22)38-29-24(18-25(32)30(33-29)36-15-10-9-12-20(36)4)28(34-31(38)40)37-17-16-35(19-21(37)5)26(39)8-3/h8,11,13-14,18,20-21H,3,6-7,9-10,12,15-17,19H2,1-2,4-5H3/t20-,21-/m0/s1. The van der Waals surface area contributed by atoms with E-state index in [1.54, 1.807) is 9.47 Å². The van der Waals surface area contributed by atoms with Gasteiger partial charge >= 0.3 is 5.69 Å². The van der Waals surface area contributed by atoms with Crippen molar-refractivity contribution in [3.05, 3.63) is 63.6 Å². The van der Waals surface area contributed by atoms with E-state index in [4.69, 9.17) is 16.6 Å². The zero-order valence-corrected chi connectivity index (χ0v) is 24.7. The fraction of sp³-hybridized carbons (Fsp3) is 0.484. The molecule has 0 N–H and O–H groups in total. The van der Waals surface area contributed by atoms with Crippen LogP contribution in [0.4, 0.5) is 11.6 Å². The number of piperazine rings is 1. The van der Waals surface area contributed by atoms with E-state index in [0.717, 1.165) is 54.4 Å². The van der Waals surface area contributed by atoms with Crippen molar-refractivity contribution in [2.45, 2.75) is 71.9 Å². The van der Waals surface area contributed by atoms with E-state index in [1.807, 2.05) is 19.1 Å². The first-order valence-corrected chi connectivity index (χ1v) is 14.9. The van der Waals surface area contributed by atoms with Crippen LogP contribution in [0.1, 0.15) is 58.1 Å². The first kappa shape index (κ1) is 28.1. The Bertz CT molecular complexity index is 1480. The van der Waals surface area contributed by atoms with Crippen LogP contribution < -0.4 is 15.5 Å². The van der Waals surface area contributed by atoms with Crippen molar-refractivity contribution in [3.8, 4) is 5.69 Å². The third-order valence-corrected chi connectivity index (χ3v) is 8.71. The van der Waals surface area contributed by atoms with E-state index in [-0.39, 0.29) is 17.6 Å². The van der Waals surface area contributed by atoms with Gasteiger partial charge in [0.1, 0.15) is 11.6 Å². The number of fused-ring (bicyclic) bond motifs is 1. The summed E-state index contributed by atoms with van der Waals surface area (Å²) in [5.74, 6) is 1.19. The highest BCUT2D eigenvalue weighted by atomic mass is 35.5. The average Bonchev–Trinajstić information content (AvgIpc) is 2.96. The van der Waals surface area contributed by atoms with Gasteiger partial charge < -0.3 is 14.7 Å². The summed E-state index contributed by atoms with van der Waals surface area (Å²) in [5.41, 5.74) is 3.23. The number of para-hydroxylation sites is 1. The zero-order chi connectivity index (χ0) is 28.6. The van der Waals surface area contributed by atoms with Crippen LogP contribution in [-0.4, -0.2) is 63.6 Å². The Balaban J connectivity index is 1.76. The lowest BCUT2D eigenvalue weighted by Gasteiger charge is -2.40. The SMILES string of the molecule is C=CC(=O)N1CCN(c2nc(=O)n(-c3c(CC)cccc3CC)c3nc(N4CCCC[C@@H]4C)c(Cl)cc23)[C@@H](C)C1. The smallest absolute Gasteiger partial charge is 0.353 e. The van der Waals surface area contributed by atoms with Crippen molar-refractivity contribution in [2.24, 2.45) is 0 Å². The van der Waals surface area contributed by atoms with Crippen molar-refractivity contribution < 1.29 is 4.79 Å². The molecule has 2 aromatic heterocycles. The summed E-state index contributed by atoms with van der Waals surface area (Å²) in [6, 6.07) is 8.38. The second-order valence-corrected chi connectivity index (χ2v) is 11.3. The average molecular weight is 563 g/mol. The Morgan fingerprint density at radius 3 is 2.35 bits per heavy atom. The Kier molecular flexibility index (Phi) is 8.17. The minimum absolute atomic E-state index is 0.0571. The van der Waals surface area contributed by atoms with E-state index in [9.17, 15) is 9.59 Å². The minimum Gasteiger partial charge on any atom is -0.353 e. The van der Waals surface area contributed by atoms with E-state index in [2.05, 4.69) is 54.3 Å². The van der Waals surface area contributed by atoms with E-state index < -0.39 is 0 Å². The van der Waals surface area contributed by atoms with Crippen LogP contribution in [-0.2, 0) is 17.6 Å². The molecule has 5 rings (SSSR count). The number of hydrogen-bond acceptors (Lipinski definition) is 6. The van der Waals surface area contributed by atoms with Gasteiger partial charge in [-0.05, 0) is 69.2 Å². The first-order chi connectivity index (χ1) is 19.3. The third-order valence-electron chi connectivity index (χ3n) is 8.43. The number of anilines is 2. The van der Waals surface area contributed by atoms with Gasteiger partial charge in [0.05, 0.1) is 16.1 Å². The number of benzene rings is 1. The molecule has 0 aliphatic carbocycles. The second kappa shape index (κ2) is 11.6. The first-order valence-electron chi connectivity index (χ1n) is 14.5. The lowest BCUT2D eigenvalue weighted by atomic mass is 10.0. The van der Waals surface area contributed by atoms with Crippen LogP contribution in [0.3, 0.4) is 0 Å². The quantitative estimate of drug-likeness (QED) is 0.386. The lowest BCUT2D eigenvalue weighted by molar-refractivity contribution is -0.126. The van der Waals surface area contributed by atoms with Crippen LogP contribution in [0.15, 0.2) is 41.7 Å². The molecule has 9 heteroatoms.